The number of carbonyl (C=O) groups excluding carboxylic acids is 1. The maximum atomic E-state index is 13.1. The highest BCUT2D eigenvalue weighted by Gasteiger charge is 2.42. The highest BCUT2D eigenvalue weighted by molar-refractivity contribution is 7.82. The topological polar surface area (TPSA) is 32.3 Å². The van der Waals surface area contributed by atoms with Gasteiger partial charge in [0.2, 0.25) is 0 Å². The first-order chi connectivity index (χ1) is 13.7. The van der Waals surface area contributed by atoms with Crippen LogP contribution in [0.25, 0.3) is 0 Å². The Morgan fingerprint density at radius 2 is 1.79 bits per heavy atom. The number of amides is 2. The molecule has 3 nitrogen and oxygen atoms in total. The average Bonchev–Trinajstić information content (AvgIpc) is 2.70. The van der Waals surface area contributed by atoms with Gasteiger partial charge in [0, 0.05) is 6.04 Å². The number of carbonyl (C=O) groups is 1. The summed E-state index contributed by atoms with van der Waals surface area (Å²) in [5.41, 5.74) is 4.10. The summed E-state index contributed by atoms with van der Waals surface area (Å²) < 4.78 is 40.5. The highest BCUT2D eigenvalue weighted by atomic mass is 32.1. The fourth-order valence-corrected chi connectivity index (χ4v) is 4.44. The smallest absolute Gasteiger partial charge is 0.334 e. The molecule has 1 aromatic rings. The SMILES string of the molecule is CCCCc1cc(CC)c(N(S)C(=O)NC2CCCC(C(F)(F)F)C2)c(CC)c1. The van der Waals surface area contributed by atoms with Crippen LogP contribution >= 0.6 is 12.8 Å². The van der Waals surface area contributed by atoms with Gasteiger partial charge in [0.05, 0.1) is 11.6 Å². The molecule has 0 spiro atoms. The minimum atomic E-state index is -4.21. The summed E-state index contributed by atoms with van der Waals surface area (Å²) in [4.78, 5) is 12.8. The van der Waals surface area contributed by atoms with E-state index in [1.54, 1.807) is 0 Å². The van der Waals surface area contributed by atoms with Crippen LogP contribution in [0.1, 0.15) is 76.0 Å². The molecule has 29 heavy (non-hydrogen) atoms. The summed E-state index contributed by atoms with van der Waals surface area (Å²) in [6.07, 6.45) is 1.64. The van der Waals surface area contributed by atoms with Gasteiger partial charge in [0.15, 0.2) is 0 Å². The average molecular weight is 431 g/mol. The summed E-state index contributed by atoms with van der Waals surface area (Å²) in [7, 11) is 0. The van der Waals surface area contributed by atoms with Crippen molar-refractivity contribution in [3.05, 3.63) is 28.8 Å². The lowest BCUT2D eigenvalue weighted by atomic mass is 9.85. The molecular formula is C22H33F3N2OS. The fourth-order valence-electron chi connectivity index (χ4n) is 4.12. The number of hydrogen-bond acceptors (Lipinski definition) is 2. The Bertz CT molecular complexity index is 668. The molecule has 1 fully saturated rings. The van der Waals surface area contributed by atoms with Crippen LogP contribution in [0.15, 0.2) is 12.1 Å². The van der Waals surface area contributed by atoms with E-state index >= 15 is 0 Å². The van der Waals surface area contributed by atoms with Crippen molar-refractivity contribution in [2.24, 2.45) is 5.92 Å². The molecule has 2 amide bonds. The van der Waals surface area contributed by atoms with Crippen LogP contribution in [0.5, 0.6) is 0 Å². The molecule has 1 N–H and O–H groups in total. The summed E-state index contributed by atoms with van der Waals surface area (Å²) >= 11 is 4.44. The molecule has 2 unspecified atom stereocenters. The first kappa shape index (κ1) is 23.9. The number of benzene rings is 1. The van der Waals surface area contributed by atoms with Gasteiger partial charge in [0.1, 0.15) is 0 Å². The summed E-state index contributed by atoms with van der Waals surface area (Å²) in [5.74, 6) is -1.34. The van der Waals surface area contributed by atoms with Gasteiger partial charge in [-0.05, 0) is 61.6 Å². The van der Waals surface area contributed by atoms with Gasteiger partial charge in [0.25, 0.3) is 0 Å². The van der Waals surface area contributed by atoms with Crippen molar-refractivity contribution >= 4 is 24.5 Å². The molecule has 0 radical (unpaired) electrons. The zero-order valence-electron chi connectivity index (χ0n) is 17.6. The molecule has 1 aliphatic rings. The highest BCUT2D eigenvalue weighted by Crippen LogP contribution is 2.38. The number of urea groups is 1. The third-order valence-corrected chi connectivity index (χ3v) is 6.16. The number of halogens is 3. The van der Waals surface area contributed by atoms with E-state index in [0.717, 1.165) is 48.9 Å². The molecule has 7 heteroatoms. The standard InChI is InChI=1S/C22H33F3N2OS/c1-4-7-9-15-12-16(5-2)20(17(6-3)13-15)27(29)21(28)26-19-11-8-10-18(14-19)22(23,24)25/h12-13,18-19,29H,4-11,14H2,1-3H3,(H,26,28). The number of nitrogens with one attached hydrogen (secondary N) is 1. The van der Waals surface area contributed by atoms with Crippen molar-refractivity contribution in [1.29, 1.82) is 0 Å². The number of hydrogen-bond donors (Lipinski definition) is 2. The van der Waals surface area contributed by atoms with E-state index < -0.39 is 24.2 Å². The monoisotopic (exact) mass is 430 g/mol. The second-order valence-corrected chi connectivity index (χ2v) is 8.34. The van der Waals surface area contributed by atoms with Crippen LogP contribution in [0.4, 0.5) is 23.7 Å². The summed E-state index contributed by atoms with van der Waals surface area (Å²) in [6.45, 7) is 6.23. The molecule has 1 saturated carbocycles. The third-order valence-electron chi connectivity index (χ3n) is 5.78. The number of nitrogens with zero attached hydrogens (tertiary/aromatic N) is 1. The quantitative estimate of drug-likeness (QED) is 0.467. The second kappa shape index (κ2) is 10.6. The van der Waals surface area contributed by atoms with Crippen molar-refractivity contribution in [3.63, 3.8) is 0 Å². The largest absolute Gasteiger partial charge is 0.391 e. The van der Waals surface area contributed by atoms with E-state index in [1.807, 2.05) is 13.8 Å². The number of rotatable bonds is 7. The zero-order chi connectivity index (χ0) is 21.6. The molecule has 1 aliphatic carbocycles. The lowest BCUT2D eigenvalue weighted by molar-refractivity contribution is -0.183. The van der Waals surface area contributed by atoms with Crippen LogP contribution in [-0.4, -0.2) is 18.2 Å². The normalized spacial score (nSPS) is 19.8. The maximum absolute atomic E-state index is 13.1. The lowest BCUT2D eigenvalue weighted by Gasteiger charge is -2.32. The molecule has 0 aromatic heterocycles. The van der Waals surface area contributed by atoms with Crippen LogP contribution in [0.3, 0.4) is 0 Å². The third kappa shape index (κ3) is 6.30. The van der Waals surface area contributed by atoms with Gasteiger partial charge in [-0.25, -0.2) is 9.10 Å². The number of unbranched alkanes of at least 4 members (excludes halogenated alkanes) is 1. The lowest BCUT2D eigenvalue weighted by Crippen LogP contribution is -2.45. The van der Waals surface area contributed by atoms with E-state index in [9.17, 15) is 18.0 Å². The minimum absolute atomic E-state index is 0.0614. The molecule has 0 bridgehead atoms. The van der Waals surface area contributed by atoms with Crippen molar-refractivity contribution in [2.75, 3.05) is 4.31 Å². The number of alkyl halides is 3. The molecular weight excluding hydrogens is 397 g/mol. The van der Waals surface area contributed by atoms with E-state index in [4.69, 9.17) is 0 Å². The van der Waals surface area contributed by atoms with Crippen molar-refractivity contribution in [2.45, 2.75) is 90.8 Å². The van der Waals surface area contributed by atoms with Crippen LogP contribution in [0, 0.1) is 5.92 Å². The summed E-state index contributed by atoms with van der Waals surface area (Å²) in [5, 5.41) is 2.78. The van der Waals surface area contributed by atoms with Gasteiger partial charge >= 0.3 is 12.2 Å². The van der Waals surface area contributed by atoms with Crippen LogP contribution in [-0.2, 0) is 19.3 Å². The predicted molar refractivity (Wildman–Crippen MR) is 116 cm³/mol. The van der Waals surface area contributed by atoms with Crippen LogP contribution < -0.4 is 9.62 Å². The Kier molecular flexibility index (Phi) is 8.73. The Morgan fingerprint density at radius 1 is 1.17 bits per heavy atom. The fraction of sp³-hybridized carbons (Fsp3) is 0.682. The number of thiol groups is 1. The minimum Gasteiger partial charge on any atom is -0.334 e. The molecule has 2 atom stereocenters. The van der Waals surface area contributed by atoms with Crippen LogP contribution in [0.2, 0.25) is 0 Å². The molecule has 0 aliphatic heterocycles. The zero-order valence-corrected chi connectivity index (χ0v) is 18.5. The first-order valence-corrected chi connectivity index (χ1v) is 11.1. The van der Waals surface area contributed by atoms with E-state index in [1.165, 1.54) is 9.87 Å². The molecule has 0 saturated heterocycles. The van der Waals surface area contributed by atoms with E-state index in [2.05, 4.69) is 37.2 Å². The van der Waals surface area contributed by atoms with Gasteiger partial charge in [-0.15, -0.1) is 0 Å². The summed E-state index contributed by atoms with van der Waals surface area (Å²) in [6, 6.07) is 3.32. The number of aryl methyl sites for hydroxylation is 3. The van der Waals surface area contributed by atoms with E-state index in [-0.39, 0.29) is 12.8 Å². The van der Waals surface area contributed by atoms with Gasteiger partial charge in [-0.2, -0.15) is 13.2 Å². The second-order valence-electron chi connectivity index (χ2n) is 7.94. The Balaban J connectivity index is 2.17. The van der Waals surface area contributed by atoms with Gasteiger partial charge in [-0.3, -0.25) is 0 Å². The maximum Gasteiger partial charge on any atom is 0.391 e. The molecule has 0 heterocycles. The van der Waals surface area contributed by atoms with E-state index in [0.29, 0.717) is 12.8 Å². The molecule has 1 aromatic carbocycles. The van der Waals surface area contributed by atoms with Crippen molar-refractivity contribution in [1.82, 2.24) is 5.32 Å². The van der Waals surface area contributed by atoms with Gasteiger partial charge in [-0.1, -0.05) is 58.6 Å². The number of anilines is 1. The predicted octanol–water partition coefficient (Wildman–Crippen LogP) is 6.64. The van der Waals surface area contributed by atoms with Gasteiger partial charge < -0.3 is 5.32 Å². The Morgan fingerprint density at radius 3 is 2.31 bits per heavy atom. The Labute approximate surface area is 178 Å². The van der Waals surface area contributed by atoms with Crippen molar-refractivity contribution < 1.29 is 18.0 Å². The Hall–Kier alpha value is -1.37. The molecule has 164 valence electrons. The molecule has 2 rings (SSSR count). The van der Waals surface area contributed by atoms with Crippen molar-refractivity contribution in [3.8, 4) is 0 Å². The first-order valence-electron chi connectivity index (χ1n) is 10.7.